The molecule has 1 aromatic heterocycles. The van der Waals surface area contributed by atoms with Gasteiger partial charge in [-0.1, -0.05) is 0 Å². The molecule has 1 atom stereocenters. The minimum Gasteiger partial charge on any atom is -0.396 e. The van der Waals surface area contributed by atoms with E-state index < -0.39 is 0 Å². The number of nitrogens with one attached hydrogen (secondary N) is 2. The Kier molecular flexibility index (Phi) is 6.45. The molecule has 1 saturated heterocycles. The molecule has 2 heterocycles. The normalized spacial score (nSPS) is 17.1. The van der Waals surface area contributed by atoms with Gasteiger partial charge in [0.2, 0.25) is 0 Å². The van der Waals surface area contributed by atoms with Crippen LogP contribution < -0.4 is 15.5 Å². The second-order valence-corrected chi connectivity index (χ2v) is 5.90. The molecule has 22 heavy (non-hydrogen) atoms. The molecule has 1 unspecified atom stereocenters. The number of nitrogens with zero attached hydrogens (tertiary/aromatic N) is 2. The summed E-state index contributed by atoms with van der Waals surface area (Å²) in [5.41, 5.74) is 1.22. The second kappa shape index (κ2) is 8.58. The van der Waals surface area contributed by atoms with Gasteiger partial charge in [-0.3, -0.25) is 4.98 Å². The lowest BCUT2D eigenvalue weighted by molar-refractivity contribution is 0.228. The van der Waals surface area contributed by atoms with Gasteiger partial charge < -0.3 is 20.6 Å². The third-order valence-electron chi connectivity index (χ3n) is 4.13. The van der Waals surface area contributed by atoms with Gasteiger partial charge in [0.05, 0.1) is 0 Å². The van der Waals surface area contributed by atoms with Crippen molar-refractivity contribution in [2.45, 2.75) is 32.2 Å². The van der Waals surface area contributed by atoms with Gasteiger partial charge in [0.25, 0.3) is 0 Å². The fourth-order valence-electron chi connectivity index (χ4n) is 2.73. The van der Waals surface area contributed by atoms with Crippen LogP contribution in [0.5, 0.6) is 0 Å². The number of rotatable bonds is 6. The van der Waals surface area contributed by atoms with Crippen LogP contribution in [0.4, 0.5) is 10.5 Å². The van der Waals surface area contributed by atoms with Crippen LogP contribution in [-0.4, -0.2) is 48.4 Å². The summed E-state index contributed by atoms with van der Waals surface area (Å²) in [7, 11) is 0. The molecule has 0 aromatic carbocycles. The van der Waals surface area contributed by atoms with E-state index in [0.29, 0.717) is 18.9 Å². The first-order chi connectivity index (χ1) is 10.7. The monoisotopic (exact) mass is 306 g/mol. The van der Waals surface area contributed by atoms with E-state index in [0.717, 1.165) is 25.9 Å². The molecule has 2 amide bonds. The molecular weight excluding hydrogens is 280 g/mol. The number of carbonyl (C=O) groups excluding carboxylic acids is 1. The molecule has 1 fully saturated rings. The predicted octanol–water partition coefficient (Wildman–Crippen LogP) is 1.37. The number of urea groups is 1. The SMILES string of the molecule is CC(CCO)NC(=O)NCC1CCN(c2ccncc2)CC1. The lowest BCUT2D eigenvalue weighted by Crippen LogP contribution is -2.44. The van der Waals surface area contributed by atoms with Crippen molar-refractivity contribution in [1.82, 2.24) is 15.6 Å². The Balaban J connectivity index is 1.66. The maximum atomic E-state index is 11.7. The standard InChI is InChI=1S/C16H26N4O2/c1-13(6-11-21)19-16(22)18-12-14-4-9-20(10-5-14)15-2-7-17-8-3-15/h2-3,7-8,13-14,21H,4-6,9-12H2,1H3,(H2,18,19,22). The first-order valence-electron chi connectivity index (χ1n) is 7.99. The van der Waals surface area contributed by atoms with Crippen LogP contribution in [0, 0.1) is 5.92 Å². The van der Waals surface area contributed by atoms with Gasteiger partial charge in [-0.15, -0.1) is 0 Å². The molecule has 0 spiro atoms. The number of amides is 2. The maximum absolute atomic E-state index is 11.7. The van der Waals surface area contributed by atoms with Gasteiger partial charge in [-0.05, 0) is 44.2 Å². The average Bonchev–Trinajstić information content (AvgIpc) is 2.54. The Hall–Kier alpha value is -1.82. The van der Waals surface area contributed by atoms with Crippen molar-refractivity contribution in [2.24, 2.45) is 5.92 Å². The molecule has 1 aliphatic rings. The summed E-state index contributed by atoms with van der Waals surface area (Å²) < 4.78 is 0. The number of carbonyl (C=O) groups is 1. The fourth-order valence-corrected chi connectivity index (χ4v) is 2.73. The zero-order chi connectivity index (χ0) is 15.8. The average molecular weight is 306 g/mol. The summed E-state index contributed by atoms with van der Waals surface area (Å²) >= 11 is 0. The molecule has 122 valence electrons. The summed E-state index contributed by atoms with van der Waals surface area (Å²) in [6, 6.07) is 3.93. The van der Waals surface area contributed by atoms with Crippen molar-refractivity contribution in [3.8, 4) is 0 Å². The lowest BCUT2D eigenvalue weighted by Gasteiger charge is -2.33. The van der Waals surface area contributed by atoms with Gasteiger partial charge in [0.15, 0.2) is 0 Å². The molecule has 1 aromatic rings. The van der Waals surface area contributed by atoms with Gasteiger partial charge in [0.1, 0.15) is 0 Å². The van der Waals surface area contributed by atoms with E-state index in [9.17, 15) is 4.79 Å². The first-order valence-corrected chi connectivity index (χ1v) is 7.99. The molecule has 0 bridgehead atoms. The van der Waals surface area contributed by atoms with Crippen molar-refractivity contribution in [2.75, 3.05) is 31.1 Å². The van der Waals surface area contributed by atoms with E-state index in [4.69, 9.17) is 5.11 Å². The third kappa shape index (κ3) is 5.18. The lowest BCUT2D eigenvalue weighted by atomic mass is 9.96. The van der Waals surface area contributed by atoms with E-state index in [1.54, 1.807) is 0 Å². The Morgan fingerprint density at radius 3 is 2.73 bits per heavy atom. The van der Waals surface area contributed by atoms with Crippen LogP contribution in [0.3, 0.4) is 0 Å². The van der Waals surface area contributed by atoms with Gasteiger partial charge in [-0.25, -0.2) is 4.79 Å². The van der Waals surface area contributed by atoms with Crippen molar-refractivity contribution < 1.29 is 9.90 Å². The Morgan fingerprint density at radius 1 is 1.41 bits per heavy atom. The van der Waals surface area contributed by atoms with Gasteiger partial charge in [-0.2, -0.15) is 0 Å². The zero-order valence-electron chi connectivity index (χ0n) is 13.2. The van der Waals surface area contributed by atoms with Crippen molar-refractivity contribution >= 4 is 11.7 Å². The van der Waals surface area contributed by atoms with Crippen LogP contribution in [0.2, 0.25) is 0 Å². The van der Waals surface area contributed by atoms with Crippen LogP contribution in [0.1, 0.15) is 26.2 Å². The van der Waals surface area contributed by atoms with Crippen molar-refractivity contribution in [1.29, 1.82) is 0 Å². The third-order valence-corrected chi connectivity index (χ3v) is 4.13. The summed E-state index contributed by atoms with van der Waals surface area (Å²) in [5.74, 6) is 0.525. The topological polar surface area (TPSA) is 77.5 Å². The molecule has 6 nitrogen and oxygen atoms in total. The van der Waals surface area contributed by atoms with Crippen LogP contribution >= 0.6 is 0 Å². The Bertz CT molecular complexity index is 447. The molecule has 0 radical (unpaired) electrons. The summed E-state index contributed by atoms with van der Waals surface area (Å²) in [6.07, 6.45) is 6.38. The van der Waals surface area contributed by atoms with Gasteiger partial charge >= 0.3 is 6.03 Å². The summed E-state index contributed by atoms with van der Waals surface area (Å²) in [6.45, 7) is 4.72. The minimum atomic E-state index is -0.141. The van der Waals surface area contributed by atoms with E-state index in [1.165, 1.54) is 5.69 Å². The van der Waals surface area contributed by atoms with Crippen molar-refractivity contribution in [3.05, 3.63) is 24.5 Å². The Morgan fingerprint density at radius 2 is 2.09 bits per heavy atom. The van der Waals surface area contributed by atoms with Crippen LogP contribution in [0.25, 0.3) is 0 Å². The number of pyridine rings is 1. The fraction of sp³-hybridized carbons (Fsp3) is 0.625. The molecule has 6 heteroatoms. The molecule has 2 rings (SSSR count). The zero-order valence-corrected chi connectivity index (χ0v) is 13.2. The highest BCUT2D eigenvalue weighted by molar-refractivity contribution is 5.74. The molecule has 1 aliphatic heterocycles. The van der Waals surface area contributed by atoms with Crippen LogP contribution in [0.15, 0.2) is 24.5 Å². The highest BCUT2D eigenvalue weighted by Crippen LogP contribution is 2.22. The van der Waals surface area contributed by atoms with E-state index >= 15 is 0 Å². The highest BCUT2D eigenvalue weighted by Gasteiger charge is 2.20. The van der Waals surface area contributed by atoms with E-state index in [1.807, 2.05) is 31.5 Å². The number of aliphatic hydroxyl groups is 1. The van der Waals surface area contributed by atoms with Crippen LogP contribution in [-0.2, 0) is 0 Å². The van der Waals surface area contributed by atoms with E-state index in [2.05, 4.69) is 20.5 Å². The molecule has 3 N–H and O–H groups in total. The number of anilines is 1. The quantitative estimate of drug-likeness (QED) is 0.742. The number of hydrogen-bond acceptors (Lipinski definition) is 4. The molecular formula is C16H26N4O2. The summed E-state index contributed by atoms with van der Waals surface area (Å²) in [5, 5.41) is 14.6. The minimum absolute atomic E-state index is 0.00135. The first kappa shape index (κ1) is 16.5. The number of aromatic nitrogens is 1. The highest BCUT2D eigenvalue weighted by atomic mass is 16.3. The van der Waals surface area contributed by atoms with Gasteiger partial charge in [0, 0.05) is 50.4 Å². The smallest absolute Gasteiger partial charge is 0.315 e. The maximum Gasteiger partial charge on any atom is 0.315 e. The predicted molar refractivity (Wildman–Crippen MR) is 86.9 cm³/mol. The molecule has 0 saturated carbocycles. The number of aliphatic hydroxyl groups excluding tert-OH is 1. The van der Waals surface area contributed by atoms with Crippen molar-refractivity contribution in [3.63, 3.8) is 0 Å². The summed E-state index contributed by atoms with van der Waals surface area (Å²) in [4.78, 5) is 18.1. The Labute approximate surface area is 131 Å². The second-order valence-electron chi connectivity index (χ2n) is 5.90. The number of hydrogen-bond donors (Lipinski definition) is 3. The van der Waals surface area contributed by atoms with E-state index in [-0.39, 0.29) is 18.7 Å². The molecule has 0 aliphatic carbocycles. The number of piperidine rings is 1. The largest absolute Gasteiger partial charge is 0.396 e.